The number of rotatable bonds is 5. The van der Waals surface area contributed by atoms with Crippen LogP contribution in [0.4, 0.5) is 0 Å². The number of hydrogen-bond donors (Lipinski definition) is 2. The first-order chi connectivity index (χ1) is 8.90. The van der Waals surface area contributed by atoms with Crippen molar-refractivity contribution in [3.63, 3.8) is 0 Å². The number of primary sulfonamides is 1. The molecule has 1 unspecified atom stereocenters. The minimum Gasteiger partial charge on any atom is -0.492 e. The number of alkyl halides is 1. The summed E-state index contributed by atoms with van der Waals surface area (Å²) in [4.78, 5) is -0.167. The second-order valence-corrected chi connectivity index (χ2v) is 6.69. The van der Waals surface area contributed by atoms with Crippen molar-refractivity contribution in [1.29, 1.82) is 0 Å². The number of fused-ring (bicyclic) bond motifs is 1. The average Bonchev–Trinajstić information content (AvgIpc) is 2.78. The third-order valence-electron chi connectivity index (χ3n) is 2.38. The number of nitrogens with two attached hydrogens (primary N) is 1. The van der Waals surface area contributed by atoms with Gasteiger partial charge in [0.25, 0.3) is 10.0 Å². The van der Waals surface area contributed by atoms with Crippen LogP contribution in [-0.2, 0) is 10.0 Å². The summed E-state index contributed by atoms with van der Waals surface area (Å²) in [6.45, 7) is 0.239. The topological polar surface area (TPSA) is 103 Å². The van der Waals surface area contributed by atoms with Crippen LogP contribution in [-0.4, -0.2) is 31.6 Å². The Bertz CT molecular complexity index is 681. The molecule has 0 aliphatic heterocycles. The molecular formula is C11H12BrNO5S. The standard InChI is InChI=1S/C11H12BrNO5S/c12-8(5-14)6-17-9-2-1-7-3-11(19(13,15)16)18-10(7)4-9/h1-4,8,14H,5-6H2,(H2,13,15,16). The number of aliphatic hydroxyl groups excluding tert-OH is 1. The first-order valence-electron chi connectivity index (χ1n) is 5.34. The Balaban J connectivity index is 2.26. The Morgan fingerprint density at radius 2 is 2.16 bits per heavy atom. The minimum atomic E-state index is -3.86. The number of furan rings is 1. The lowest BCUT2D eigenvalue weighted by molar-refractivity contribution is 0.243. The maximum absolute atomic E-state index is 11.2. The monoisotopic (exact) mass is 349 g/mol. The Morgan fingerprint density at radius 3 is 2.79 bits per heavy atom. The summed E-state index contributed by atoms with van der Waals surface area (Å²) < 4.78 is 32.9. The van der Waals surface area contributed by atoms with Crippen LogP contribution >= 0.6 is 15.9 Å². The second kappa shape index (κ2) is 5.49. The summed E-state index contributed by atoms with van der Waals surface area (Å²) in [5.41, 5.74) is 0.372. The predicted octanol–water partition coefficient (Wildman–Crippen LogP) is 1.21. The third-order valence-corrected chi connectivity index (χ3v) is 3.69. The van der Waals surface area contributed by atoms with Crippen molar-refractivity contribution >= 4 is 36.9 Å². The highest BCUT2D eigenvalue weighted by atomic mass is 79.9. The molecule has 1 aromatic carbocycles. The number of benzene rings is 1. The van der Waals surface area contributed by atoms with E-state index < -0.39 is 10.0 Å². The van der Waals surface area contributed by atoms with Gasteiger partial charge in [-0.2, -0.15) is 0 Å². The fraction of sp³-hybridized carbons (Fsp3) is 0.273. The largest absolute Gasteiger partial charge is 0.492 e. The Morgan fingerprint density at radius 1 is 1.42 bits per heavy atom. The molecule has 0 saturated carbocycles. The zero-order chi connectivity index (χ0) is 14.0. The second-order valence-electron chi connectivity index (χ2n) is 3.90. The molecule has 0 saturated heterocycles. The van der Waals surface area contributed by atoms with Gasteiger partial charge in [0.2, 0.25) is 5.09 Å². The number of halogens is 1. The van der Waals surface area contributed by atoms with Crippen LogP contribution in [0.25, 0.3) is 11.0 Å². The summed E-state index contributed by atoms with van der Waals surface area (Å²) in [6, 6.07) is 6.28. The van der Waals surface area contributed by atoms with Crippen LogP contribution in [0, 0.1) is 0 Å². The number of hydrogen-bond acceptors (Lipinski definition) is 5. The molecule has 0 aliphatic carbocycles. The summed E-state index contributed by atoms with van der Waals surface area (Å²) in [5.74, 6) is 0.515. The van der Waals surface area contributed by atoms with Gasteiger partial charge in [-0.3, -0.25) is 0 Å². The van der Waals surface area contributed by atoms with Crippen LogP contribution in [0.3, 0.4) is 0 Å². The van der Waals surface area contributed by atoms with E-state index in [1.54, 1.807) is 18.2 Å². The number of aliphatic hydroxyl groups is 1. The number of ether oxygens (including phenoxy) is 1. The van der Waals surface area contributed by atoms with Gasteiger partial charge < -0.3 is 14.3 Å². The van der Waals surface area contributed by atoms with Gasteiger partial charge in [0.05, 0.1) is 11.4 Å². The van der Waals surface area contributed by atoms with E-state index in [9.17, 15) is 8.42 Å². The highest BCUT2D eigenvalue weighted by Crippen LogP contribution is 2.26. The molecular weight excluding hydrogens is 338 g/mol. The van der Waals surface area contributed by atoms with E-state index in [2.05, 4.69) is 15.9 Å². The van der Waals surface area contributed by atoms with Gasteiger partial charge >= 0.3 is 0 Å². The number of sulfonamides is 1. The molecule has 19 heavy (non-hydrogen) atoms. The van der Waals surface area contributed by atoms with Crippen molar-refractivity contribution in [1.82, 2.24) is 0 Å². The minimum absolute atomic E-state index is 0.0431. The van der Waals surface area contributed by atoms with Crippen LogP contribution in [0.15, 0.2) is 33.8 Å². The quantitative estimate of drug-likeness (QED) is 0.789. The zero-order valence-electron chi connectivity index (χ0n) is 9.74. The van der Waals surface area contributed by atoms with Crippen LogP contribution in [0.5, 0.6) is 5.75 Å². The van der Waals surface area contributed by atoms with E-state index in [-0.39, 0.29) is 23.1 Å². The van der Waals surface area contributed by atoms with E-state index in [4.69, 9.17) is 19.4 Å². The first kappa shape index (κ1) is 14.3. The summed E-state index contributed by atoms with van der Waals surface area (Å²) in [7, 11) is -3.86. The van der Waals surface area contributed by atoms with Gasteiger partial charge in [-0.25, -0.2) is 13.6 Å². The molecule has 1 aromatic heterocycles. The zero-order valence-corrected chi connectivity index (χ0v) is 12.1. The molecule has 0 radical (unpaired) electrons. The lowest BCUT2D eigenvalue weighted by atomic mass is 10.2. The molecule has 0 aliphatic rings. The van der Waals surface area contributed by atoms with Crippen LogP contribution in [0.2, 0.25) is 0 Å². The van der Waals surface area contributed by atoms with Crippen molar-refractivity contribution in [2.45, 2.75) is 9.92 Å². The maximum Gasteiger partial charge on any atom is 0.271 e. The fourth-order valence-corrected chi connectivity index (χ4v) is 2.09. The summed E-state index contributed by atoms with van der Waals surface area (Å²) in [6.07, 6.45) is 0. The Hall–Kier alpha value is -1.09. The maximum atomic E-state index is 11.2. The van der Waals surface area contributed by atoms with Gasteiger partial charge in [0.15, 0.2) is 0 Å². The molecule has 2 rings (SSSR count). The molecule has 0 bridgehead atoms. The third kappa shape index (κ3) is 3.47. The van der Waals surface area contributed by atoms with Gasteiger partial charge in [-0.05, 0) is 12.1 Å². The van der Waals surface area contributed by atoms with E-state index in [0.29, 0.717) is 16.7 Å². The SMILES string of the molecule is NS(=O)(=O)c1cc2ccc(OCC(Br)CO)cc2o1. The first-order valence-corrected chi connectivity index (χ1v) is 7.80. The molecule has 0 amide bonds. The predicted molar refractivity (Wildman–Crippen MR) is 72.9 cm³/mol. The fourth-order valence-electron chi connectivity index (χ4n) is 1.46. The smallest absolute Gasteiger partial charge is 0.271 e. The highest BCUT2D eigenvalue weighted by Gasteiger charge is 2.15. The van der Waals surface area contributed by atoms with Crippen molar-refractivity contribution in [3.8, 4) is 5.75 Å². The molecule has 0 fully saturated rings. The molecule has 104 valence electrons. The lowest BCUT2D eigenvalue weighted by Crippen LogP contribution is -2.14. The Kier molecular flexibility index (Phi) is 4.14. The van der Waals surface area contributed by atoms with E-state index in [0.717, 1.165) is 0 Å². The Labute approximate surface area is 118 Å². The van der Waals surface area contributed by atoms with Crippen LogP contribution < -0.4 is 9.88 Å². The molecule has 1 atom stereocenters. The lowest BCUT2D eigenvalue weighted by Gasteiger charge is -2.08. The molecule has 3 N–H and O–H groups in total. The molecule has 8 heteroatoms. The van der Waals surface area contributed by atoms with Crippen molar-refractivity contribution in [2.75, 3.05) is 13.2 Å². The van der Waals surface area contributed by atoms with Crippen molar-refractivity contribution in [3.05, 3.63) is 24.3 Å². The summed E-state index contributed by atoms with van der Waals surface area (Å²) in [5, 5.41) is 14.2. The molecule has 0 spiro atoms. The molecule has 1 heterocycles. The highest BCUT2D eigenvalue weighted by molar-refractivity contribution is 9.09. The van der Waals surface area contributed by atoms with Gasteiger partial charge in [0, 0.05) is 17.5 Å². The van der Waals surface area contributed by atoms with Gasteiger partial charge in [-0.1, -0.05) is 15.9 Å². The summed E-state index contributed by atoms with van der Waals surface area (Å²) >= 11 is 3.22. The van der Waals surface area contributed by atoms with E-state index >= 15 is 0 Å². The van der Waals surface area contributed by atoms with Crippen LogP contribution in [0.1, 0.15) is 0 Å². The normalized spacial score (nSPS) is 13.6. The van der Waals surface area contributed by atoms with E-state index in [1.165, 1.54) is 6.07 Å². The van der Waals surface area contributed by atoms with Crippen molar-refractivity contribution in [2.24, 2.45) is 5.14 Å². The average molecular weight is 350 g/mol. The molecule has 6 nitrogen and oxygen atoms in total. The van der Waals surface area contributed by atoms with Crippen molar-refractivity contribution < 1.29 is 22.7 Å². The van der Waals surface area contributed by atoms with Gasteiger partial charge in [0.1, 0.15) is 17.9 Å². The van der Waals surface area contributed by atoms with Gasteiger partial charge in [-0.15, -0.1) is 0 Å². The molecule has 2 aromatic rings. The van der Waals surface area contributed by atoms with E-state index in [1.807, 2.05) is 0 Å².